The van der Waals surface area contributed by atoms with Crippen LogP contribution in [0.2, 0.25) is 0 Å². The quantitative estimate of drug-likeness (QED) is 0.182. The Labute approximate surface area is 284 Å². The van der Waals surface area contributed by atoms with Crippen LogP contribution in [0.5, 0.6) is 0 Å². The number of amides is 1. The van der Waals surface area contributed by atoms with E-state index in [-0.39, 0.29) is 11.3 Å². The summed E-state index contributed by atoms with van der Waals surface area (Å²) in [6, 6.07) is 19.7. The van der Waals surface area contributed by atoms with Gasteiger partial charge in [-0.1, -0.05) is 82.6 Å². The van der Waals surface area contributed by atoms with Gasteiger partial charge in [0.15, 0.2) is 5.82 Å². The summed E-state index contributed by atoms with van der Waals surface area (Å²) in [5.74, 6) is 1.47. The molecule has 1 fully saturated rings. The van der Waals surface area contributed by atoms with E-state index in [0.29, 0.717) is 23.0 Å². The number of carbonyl (C=O) groups excluding carboxylic acids is 2. The van der Waals surface area contributed by atoms with Crippen LogP contribution in [0.3, 0.4) is 0 Å². The van der Waals surface area contributed by atoms with Gasteiger partial charge in [0.2, 0.25) is 0 Å². The zero-order chi connectivity index (χ0) is 33.8. The number of ether oxygens (including phenoxy) is 1. The molecule has 2 heterocycles. The predicted molar refractivity (Wildman–Crippen MR) is 192 cm³/mol. The van der Waals surface area contributed by atoms with E-state index in [0.717, 1.165) is 33.0 Å². The van der Waals surface area contributed by atoms with Crippen LogP contribution in [0.4, 0.5) is 0 Å². The summed E-state index contributed by atoms with van der Waals surface area (Å²) in [4.78, 5) is 37.4. The van der Waals surface area contributed by atoms with Crippen LogP contribution < -0.4 is 5.32 Å². The minimum absolute atomic E-state index is 0.0575. The summed E-state index contributed by atoms with van der Waals surface area (Å²) in [6.45, 7) is 14.1. The van der Waals surface area contributed by atoms with Crippen LogP contribution in [0.15, 0.2) is 73.1 Å². The van der Waals surface area contributed by atoms with Crippen molar-refractivity contribution in [3.8, 4) is 22.5 Å². The van der Waals surface area contributed by atoms with Crippen molar-refractivity contribution in [2.45, 2.75) is 110 Å². The smallest absolute Gasteiger partial charge is 0.329 e. The molecule has 248 valence electrons. The van der Waals surface area contributed by atoms with E-state index < -0.39 is 17.6 Å². The fourth-order valence-electron chi connectivity index (χ4n) is 6.16. The third kappa shape index (κ3) is 9.16. The summed E-state index contributed by atoms with van der Waals surface area (Å²) >= 11 is 1.45. The van der Waals surface area contributed by atoms with Gasteiger partial charge in [-0.05, 0) is 92.5 Å². The van der Waals surface area contributed by atoms with Gasteiger partial charge in [0, 0.05) is 34.8 Å². The molecule has 0 radical (unpaired) electrons. The van der Waals surface area contributed by atoms with Gasteiger partial charge in [-0.2, -0.15) is 0 Å². The SMILES string of the molecule is CCC1CCC(c2ccc(-c3cnc(-c4ccc(C[C@H](NC(=O)c5ccc(C(C)(C)C)s5)C(=O)OC(C)(C)C)cc4)nc3)cc2)CC1. The molecule has 0 saturated heterocycles. The molecule has 1 atom stereocenters. The molecule has 7 heteroatoms. The van der Waals surface area contributed by atoms with Gasteiger partial charge in [0.05, 0.1) is 4.88 Å². The number of carbonyl (C=O) groups is 2. The topological polar surface area (TPSA) is 81.2 Å². The Bertz CT molecular complexity index is 1640. The number of hydrogen-bond donors (Lipinski definition) is 1. The Kier molecular flexibility index (Phi) is 10.6. The molecule has 0 bridgehead atoms. The van der Waals surface area contributed by atoms with E-state index in [4.69, 9.17) is 4.74 Å². The van der Waals surface area contributed by atoms with Gasteiger partial charge in [0.1, 0.15) is 11.6 Å². The largest absolute Gasteiger partial charge is 0.458 e. The van der Waals surface area contributed by atoms with Crippen LogP contribution in [0, 0.1) is 5.92 Å². The molecule has 0 spiro atoms. The van der Waals surface area contributed by atoms with Crippen molar-refractivity contribution in [1.82, 2.24) is 15.3 Å². The molecule has 1 saturated carbocycles. The van der Waals surface area contributed by atoms with Gasteiger partial charge < -0.3 is 10.1 Å². The zero-order valence-corrected chi connectivity index (χ0v) is 29.7. The molecule has 2 aromatic heterocycles. The van der Waals surface area contributed by atoms with E-state index in [1.807, 2.05) is 69.6 Å². The molecular weight excluding hydrogens is 603 g/mol. The molecule has 5 rings (SSSR count). The molecule has 1 aliphatic rings. The van der Waals surface area contributed by atoms with Crippen LogP contribution >= 0.6 is 11.3 Å². The average molecular weight is 652 g/mol. The zero-order valence-electron chi connectivity index (χ0n) is 28.9. The highest BCUT2D eigenvalue weighted by atomic mass is 32.1. The molecule has 1 N–H and O–H groups in total. The fourth-order valence-corrected chi connectivity index (χ4v) is 7.13. The van der Waals surface area contributed by atoms with Crippen molar-refractivity contribution in [2.24, 2.45) is 5.92 Å². The maximum Gasteiger partial charge on any atom is 0.329 e. The summed E-state index contributed by atoms with van der Waals surface area (Å²) in [7, 11) is 0. The molecule has 2 aromatic carbocycles. The first-order valence-electron chi connectivity index (χ1n) is 16.9. The number of esters is 1. The maximum absolute atomic E-state index is 13.2. The van der Waals surface area contributed by atoms with Crippen molar-refractivity contribution < 1.29 is 14.3 Å². The summed E-state index contributed by atoms with van der Waals surface area (Å²) in [5.41, 5.74) is 4.59. The van der Waals surface area contributed by atoms with Gasteiger partial charge >= 0.3 is 5.97 Å². The second kappa shape index (κ2) is 14.5. The van der Waals surface area contributed by atoms with Crippen molar-refractivity contribution in [2.75, 3.05) is 0 Å². The molecule has 0 aliphatic heterocycles. The number of rotatable bonds is 9. The summed E-state index contributed by atoms with van der Waals surface area (Å²) in [6.07, 6.45) is 10.6. The van der Waals surface area contributed by atoms with Crippen molar-refractivity contribution in [3.63, 3.8) is 0 Å². The number of nitrogens with one attached hydrogen (secondary N) is 1. The number of nitrogens with zero attached hydrogens (tertiary/aromatic N) is 2. The molecular formula is C40H49N3O3S. The molecule has 1 amide bonds. The van der Waals surface area contributed by atoms with Crippen LogP contribution in [-0.4, -0.2) is 33.5 Å². The first kappa shape index (κ1) is 34.5. The highest BCUT2D eigenvalue weighted by molar-refractivity contribution is 7.14. The second-order valence-corrected chi connectivity index (χ2v) is 16.0. The number of thiophene rings is 1. The van der Waals surface area contributed by atoms with Crippen molar-refractivity contribution in [3.05, 3.63) is 93.9 Å². The normalized spacial score (nSPS) is 17.6. The fraction of sp³-hybridized carbons (Fsp3) is 0.450. The third-order valence-electron chi connectivity index (χ3n) is 9.01. The highest BCUT2D eigenvalue weighted by Crippen LogP contribution is 2.37. The summed E-state index contributed by atoms with van der Waals surface area (Å²) in [5, 5.41) is 2.94. The van der Waals surface area contributed by atoms with Crippen LogP contribution in [-0.2, 0) is 21.4 Å². The molecule has 0 unspecified atom stereocenters. The standard InChI is InChI=1S/C40H49N3O3S/c1-8-26-9-13-28(14-10-26)29-17-19-30(20-18-29)32-24-41-36(42-25-32)31-15-11-27(12-16-31)23-33(38(45)46-40(5,6)7)43-37(44)34-21-22-35(47-34)39(2,3)4/h11-12,15-22,24-26,28,33H,8-10,13-14,23H2,1-7H3,(H,43,44)/t26?,28?,33-/m0/s1. The van der Waals surface area contributed by atoms with Gasteiger partial charge in [-0.25, -0.2) is 14.8 Å². The van der Waals surface area contributed by atoms with Crippen molar-refractivity contribution in [1.29, 1.82) is 0 Å². The number of benzene rings is 2. The Morgan fingerprint density at radius 2 is 1.45 bits per heavy atom. The lowest BCUT2D eigenvalue weighted by Gasteiger charge is -2.28. The van der Waals surface area contributed by atoms with Crippen molar-refractivity contribution >= 4 is 23.2 Å². The maximum atomic E-state index is 13.2. The molecule has 1 aliphatic carbocycles. The van der Waals surface area contributed by atoms with E-state index in [1.165, 1.54) is 49.0 Å². The first-order valence-corrected chi connectivity index (χ1v) is 17.8. The minimum atomic E-state index is -0.832. The van der Waals surface area contributed by atoms with Crippen LogP contribution in [0.1, 0.15) is 112 Å². The Hall–Kier alpha value is -3.84. The Balaban J connectivity index is 1.24. The lowest BCUT2D eigenvalue weighted by molar-refractivity contribution is -0.157. The van der Waals surface area contributed by atoms with E-state index >= 15 is 0 Å². The lowest BCUT2D eigenvalue weighted by Crippen LogP contribution is -2.45. The van der Waals surface area contributed by atoms with E-state index in [9.17, 15) is 9.59 Å². The second-order valence-electron chi connectivity index (χ2n) is 14.9. The molecule has 4 aromatic rings. The minimum Gasteiger partial charge on any atom is -0.458 e. The predicted octanol–water partition coefficient (Wildman–Crippen LogP) is 9.54. The number of aromatic nitrogens is 2. The monoisotopic (exact) mass is 651 g/mol. The van der Waals surface area contributed by atoms with Crippen LogP contribution in [0.25, 0.3) is 22.5 Å². The Morgan fingerprint density at radius 1 is 0.830 bits per heavy atom. The molecule has 47 heavy (non-hydrogen) atoms. The van der Waals surface area contributed by atoms with Gasteiger partial charge in [-0.15, -0.1) is 11.3 Å². The first-order chi connectivity index (χ1) is 22.3. The highest BCUT2D eigenvalue weighted by Gasteiger charge is 2.28. The number of hydrogen-bond acceptors (Lipinski definition) is 6. The summed E-state index contributed by atoms with van der Waals surface area (Å²) < 4.78 is 5.68. The van der Waals surface area contributed by atoms with E-state index in [2.05, 4.69) is 67.2 Å². The molecule has 6 nitrogen and oxygen atoms in total. The Morgan fingerprint density at radius 3 is 2.00 bits per heavy atom. The average Bonchev–Trinajstić information content (AvgIpc) is 3.56. The lowest BCUT2D eigenvalue weighted by atomic mass is 9.78. The van der Waals surface area contributed by atoms with E-state index in [1.54, 1.807) is 0 Å². The van der Waals surface area contributed by atoms with Gasteiger partial charge in [0.25, 0.3) is 5.91 Å². The third-order valence-corrected chi connectivity index (χ3v) is 10.5. The van der Waals surface area contributed by atoms with Gasteiger partial charge in [-0.3, -0.25) is 4.79 Å².